The molecule has 5 nitrogen and oxygen atoms in total. The quantitative estimate of drug-likeness (QED) is 0.593. The van der Waals surface area contributed by atoms with Gasteiger partial charge in [-0.15, -0.1) is 0 Å². The van der Waals surface area contributed by atoms with Crippen molar-refractivity contribution in [2.24, 2.45) is 0 Å². The molecule has 0 aliphatic heterocycles. The van der Waals surface area contributed by atoms with Gasteiger partial charge < -0.3 is 14.9 Å². The van der Waals surface area contributed by atoms with Crippen molar-refractivity contribution in [2.75, 3.05) is 5.48 Å². The molecule has 0 heterocycles. The van der Waals surface area contributed by atoms with Gasteiger partial charge in [0.2, 0.25) is 0 Å². The van der Waals surface area contributed by atoms with E-state index in [1.165, 1.54) is 12.1 Å². The van der Waals surface area contributed by atoms with Crippen molar-refractivity contribution in [3.05, 3.63) is 24.0 Å². The fourth-order valence-corrected chi connectivity index (χ4v) is 1.91. The maximum Gasteiger partial charge on any atom is 0.148 e. The third-order valence-corrected chi connectivity index (χ3v) is 2.81. The van der Waals surface area contributed by atoms with Gasteiger partial charge in [-0.1, -0.05) is 0 Å². The SMILES string of the molecule is ONc1ccc(F)cc1OC1C[C@@H](O)[C@H](O)C1. The number of nitrogens with one attached hydrogen (secondary N) is 1. The molecule has 17 heavy (non-hydrogen) atoms. The number of anilines is 1. The summed E-state index contributed by atoms with van der Waals surface area (Å²) < 4.78 is 18.5. The summed E-state index contributed by atoms with van der Waals surface area (Å²) in [4.78, 5) is 0. The molecule has 1 saturated carbocycles. The van der Waals surface area contributed by atoms with Gasteiger partial charge in [0.25, 0.3) is 0 Å². The summed E-state index contributed by atoms with van der Waals surface area (Å²) in [6.45, 7) is 0. The number of ether oxygens (including phenoxy) is 1. The van der Waals surface area contributed by atoms with Gasteiger partial charge >= 0.3 is 0 Å². The van der Waals surface area contributed by atoms with Crippen LogP contribution in [0.5, 0.6) is 5.75 Å². The van der Waals surface area contributed by atoms with Crippen molar-refractivity contribution >= 4 is 5.69 Å². The summed E-state index contributed by atoms with van der Waals surface area (Å²) in [6.07, 6.45) is -1.47. The molecule has 0 aromatic heterocycles. The Balaban J connectivity index is 2.10. The number of hydrogen-bond donors (Lipinski definition) is 4. The highest BCUT2D eigenvalue weighted by atomic mass is 19.1. The summed E-state index contributed by atoms with van der Waals surface area (Å²) in [5, 5.41) is 27.6. The van der Waals surface area contributed by atoms with Crippen LogP contribution < -0.4 is 10.2 Å². The van der Waals surface area contributed by atoms with Gasteiger partial charge in [0, 0.05) is 18.9 Å². The van der Waals surface area contributed by atoms with Crippen LogP contribution in [-0.4, -0.2) is 33.7 Å². The Morgan fingerprint density at radius 1 is 1.24 bits per heavy atom. The number of benzene rings is 1. The van der Waals surface area contributed by atoms with Crippen LogP contribution in [0.15, 0.2) is 18.2 Å². The largest absolute Gasteiger partial charge is 0.488 e. The summed E-state index contributed by atoms with van der Waals surface area (Å²) in [5.74, 6) is -0.336. The second kappa shape index (κ2) is 4.87. The molecule has 1 fully saturated rings. The third kappa shape index (κ3) is 2.66. The topological polar surface area (TPSA) is 82.0 Å². The minimum absolute atomic E-state index is 0.152. The molecule has 0 saturated heterocycles. The molecule has 1 aliphatic rings. The zero-order chi connectivity index (χ0) is 12.4. The van der Waals surface area contributed by atoms with Gasteiger partial charge in [-0.25, -0.2) is 4.39 Å². The van der Waals surface area contributed by atoms with E-state index in [1.54, 1.807) is 0 Å². The lowest BCUT2D eigenvalue weighted by molar-refractivity contribution is 0.0438. The number of halogens is 1. The van der Waals surface area contributed by atoms with Crippen LogP contribution in [0.1, 0.15) is 12.8 Å². The molecular weight excluding hydrogens is 229 g/mol. The van der Waals surface area contributed by atoms with Crippen molar-refractivity contribution in [1.29, 1.82) is 0 Å². The van der Waals surface area contributed by atoms with Crippen LogP contribution in [0.25, 0.3) is 0 Å². The standard InChI is InChI=1S/C11H14FNO4/c12-6-1-2-8(13-16)11(3-6)17-7-4-9(14)10(15)5-7/h1-3,7,9-10,13-16H,4-5H2/t9-,10-/m1/s1. The van der Waals surface area contributed by atoms with Crippen molar-refractivity contribution in [3.8, 4) is 5.75 Å². The zero-order valence-corrected chi connectivity index (χ0v) is 9.01. The summed E-state index contributed by atoms with van der Waals surface area (Å²) >= 11 is 0. The number of hydrogen-bond acceptors (Lipinski definition) is 5. The predicted octanol–water partition coefficient (Wildman–Crippen LogP) is 0.890. The first kappa shape index (κ1) is 12.1. The van der Waals surface area contributed by atoms with E-state index in [9.17, 15) is 14.6 Å². The molecule has 0 bridgehead atoms. The molecule has 6 heteroatoms. The monoisotopic (exact) mass is 243 g/mol. The highest BCUT2D eigenvalue weighted by molar-refractivity contribution is 5.54. The zero-order valence-electron chi connectivity index (χ0n) is 9.01. The molecule has 0 radical (unpaired) electrons. The maximum atomic E-state index is 13.0. The maximum absolute atomic E-state index is 13.0. The van der Waals surface area contributed by atoms with E-state index in [4.69, 9.17) is 9.94 Å². The third-order valence-electron chi connectivity index (χ3n) is 2.81. The highest BCUT2D eigenvalue weighted by Gasteiger charge is 2.33. The first-order valence-corrected chi connectivity index (χ1v) is 5.32. The van der Waals surface area contributed by atoms with Gasteiger partial charge in [-0.2, -0.15) is 0 Å². The molecule has 4 N–H and O–H groups in total. The van der Waals surface area contributed by atoms with Crippen molar-refractivity contribution < 1.29 is 24.5 Å². The van der Waals surface area contributed by atoms with E-state index in [2.05, 4.69) is 0 Å². The Bertz CT molecular complexity index is 391. The van der Waals surface area contributed by atoms with Crippen molar-refractivity contribution in [3.63, 3.8) is 0 Å². The first-order valence-electron chi connectivity index (χ1n) is 5.32. The summed E-state index contributed by atoms with van der Waals surface area (Å²) in [5.41, 5.74) is 2.14. The predicted molar refractivity (Wildman–Crippen MR) is 57.5 cm³/mol. The average molecular weight is 243 g/mol. The van der Waals surface area contributed by atoms with Gasteiger partial charge in [-0.05, 0) is 12.1 Å². The van der Waals surface area contributed by atoms with Gasteiger partial charge in [0.15, 0.2) is 0 Å². The van der Waals surface area contributed by atoms with Crippen molar-refractivity contribution in [2.45, 2.75) is 31.2 Å². The molecule has 1 aromatic carbocycles. The molecule has 94 valence electrons. The molecule has 0 amide bonds. The van der Waals surface area contributed by atoms with E-state index in [0.29, 0.717) is 0 Å². The average Bonchev–Trinajstić information content (AvgIpc) is 2.58. The van der Waals surface area contributed by atoms with Crippen LogP contribution in [-0.2, 0) is 0 Å². The molecule has 0 spiro atoms. The second-order valence-electron chi connectivity index (χ2n) is 4.10. The molecule has 0 unspecified atom stereocenters. The fourth-order valence-electron chi connectivity index (χ4n) is 1.91. The van der Waals surface area contributed by atoms with E-state index in [-0.39, 0.29) is 24.3 Å². The molecule has 1 aromatic rings. The number of rotatable bonds is 3. The number of aliphatic hydroxyl groups is 2. The van der Waals surface area contributed by atoms with E-state index in [0.717, 1.165) is 6.07 Å². The summed E-state index contributed by atoms with van der Waals surface area (Å²) in [7, 11) is 0. The Kier molecular flexibility index (Phi) is 3.46. The minimum atomic E-state index is -0.820. The highest BCUT2D eigenvalue weighted by Crippen LogP contribution is 2.30. The lowest BCUT2D eigenvalue weighted by Crippen LogP contribution is -2.17. The number of aliphatic hydroxyl groups excluding tert-OH is 2. The molecule has 2 atom stereocenters. The molecular formula is C11H14FNO4. The van der Waals surface area contributed by atoms with Gasteiger partial charge in [0.05, 0.1) is 12.2 Å². The Hall–Kier alpha value is -1.37. The van der Waals surface area contributed by atoms with Crippen LogP contribution >= 0.6 is 0 Å². The van der Waals surface area contributed by atoms with Gasteiger partial charge in [-0.3, -0.25) is 10.7 Å². The normalized spacial score (nSPS) is 24.9. The second-order valence-corrected chi connectivity index (χ2v) is 4.10. The summed E-state index contributed by atoms with van der Waals surface area (Å²) in [6, 6.07) is 3.66. The minimum Gasteiger partial charge on any atom is -0.488 e. The van der Waals surface area contributed by atoms with E-state index in [1.807, 2.05) is 5.48 Å². The van der Waals surface area contributed by atoms with Crippen molar-refractivity contribution in [1.82, 2.24) is 0 Å². The lowest BCUT2D eigenvalue weighted by Gasteiger charge is -2.15. The Morgan fingerprint density at radius 3 is 2.47 bits per heavy atom. The Labute approximate surface area is 97.4 Å². The van der Waals surface area contributed by atoms with Crippen LogP contribution in [0.3, 0.4) is 0 Å². The first-order chi connectivity index (χ1) is 8.10. The van der Waals surface area contributed by atoms with Gasteiger partial charge in [0.1, 0.15) is 23.4 Å². The molecule has 1 aliphatic carbocycles. The van der Waals surface area contributed by atoms with Crippen LogP contribution in [0.4, 0.5) is 10.1 Å². The lowest BCUT2D eigenvalue weighted by atomic mass is 10.2. The van der Waals surface area contributed by atoms with Crippen LogP contribution in [0, 0.1) is 5.82 Å². The molecule has 2 rings (SSSR count). The van der Waals surface area contributed by atoms with E-state index < -0.39 is 24.1 Å². The smallest absolute Gasteiger partial charge is 0.148 e. The van der Waals surface area contributed by atoms with Crippen LogP contribution in [0.2, 0.25) is 0 Å². The Morgan fingerprint density at radius 2 is 1.88 bits per heavy atom. The van der Waals surface area contributed by atoms with E-state index >= 15 is 0 Å². The fraction of sp³-hybridized carbons (Fsp3) is 0.455.